The highest BCUT2D eigenvalue weighted by molar-refractivity contribution is 6.31. The summed E-state index contributed by atoms with van der Waals surface area (Å²) in [5.74, 6) is 1.52. The Bertz CT molecular complexity index is 784. The summed E-state index contributed by atoms with van der Waals surface area (Å²) in [6.07, 6.45) is 0. The molecular weight excluding hydrogens is 270 g/mol. The summed E-state index contributed by atoms with van der Waals surface area (Å²) in [4.78, 5) is 9.26. The Hall–Kier alpha value is -2.13. The van der Waals surface area contributed by atoms with Gasteiger partial charge in [0.25, 0.3) is 0 Å². The first-order valence-corrected chi connectivity index (χ1v) is 6.78. The number of fused-ring (bicyclic) bond motifs is 1. The summed E-state index contributed by atoms with van der Waals surface area (Å²) < 4.78 is 0. The van der Waals surface area contributed by atoms with Crippen molar-refractivity contribution in [3.05, 3.63) is 53.1 Å². The zero-order valence-corrected chi connectivity index (χ0v) is 12.1. The molecule has 1 N–H and O–H groups in total. The maximum absolute atomic E-state index is 6.06. The van der Waals surface area contributed by atoms with Crippen LogP contribution in [0.2, 0.25) is 5.02 Å². The van der Waals surface area contributed by atoms with Crippen molar-refractivity contribution in [3.63, 3.8) is 0 Å². The van der Waals surface area contributed by atoms with Crippen molar-refractivity contribution in [2.24, 2.45) is 0 Å². The second-order valence-corrected chi connectivity index (χ2v) is 5.06. The van der Waals surface area contributed by atoms with Gasteiger partial charge in [-0.2, -0.15) is 0 Å². The summed E-state index contributed by atoms with van der Waals surface area (Å²) in [6.45, 7) is 2.06. The Balaban J connectivity index is 2.30. The standard InChI is InChI=1S/C16H14ClN3/c1-10-5-3-4-6-12(10)16-19-14-9-11(17)7-8-13(14)15(18-2)20-16/h3-9H,1-2H3,(H,18,19,20). The molecule has 0 radical (unpaired) electrons. The minimum absolute atomic E-state index is 0.675. The van der Waals surface area contributed by atoms with Crippen molar-refractivity contribution in [3.8, 4) is 11.4 Å². The number of nitrogens with one attached hydrogen (secondary N) is 1. The number of hydrogen-bond donors (Lipinski definition) is 1. The molecule has 3 rings (SSSR count). The van der Waals surface area contributed by atoms with Gasteiger partial charge in [-0.15, -0.1) is 0 Å². The zero-order chi connectivity index (χ0) is 14.1. The molecule has 100 valence electrons. The van der Waals surface area contributed by atoms with Crippen LogP contribution in [0.3, 0.4) is 0 Å². The highest BCUT2D eigenvalue weighted by Gasteiger charge is 2.10. The number of anilines is 1. The first kappa shape index (κ1) is 12.9. The van der Waals surface area contributed by atoms with Gasteiger partial charge in [0, 0.05) is 23.0 Å². The van der Waals surface area contributed by atoms with Crippen LogP contribution in [0.4, 0.5) is 5.82 Å². The minimum Gasteiger partial charge on any atom is -0.373 e. The highest BCUT2D eigenvalue weighted by Crippen LogP contribution is 2.28. The average Bonchev–Trinajstić information content (AvgIpc) is 2.46. The third kappa shape index (κ3) is 2.21. The first-order chi connectivity index (χ1) is 9.69. The summed E-state index contributed by atoms with van der Waals surface area (Å²) in [5.41, 5.74) is 3.02. The quantitative estimate of drug-likeness (QED) is 0.762. The summed E-state index contributed by atoms with van der Waals surface area (Å²) in [7, 11) is 1.86. The lowest BCUT2D eigenvalue weighted by Crippen LogP contribution is -1.99. The molecule has 0 spiro atoms. The number of rotatable bonds is 2. The van der Waals surface area contributed by atoms with Crippen LogP contribution in [0.15, 0.2) is 42.5 Å². The maximum Gasteiger partial charge on any atom is 0.162 e. The number of aromatic nitrogens is 2. The molecule has 1 heterocycles. The van der Waals surface area contributed by atoms with Gasteiger partial charge in [-0.05, 0) is 30.7 Å². The molecule has 0 unspecified atom stereocenters. The van der Waals surface area contributed by atoms with E-state index in [4.69, 9.17) is 11.6 Å². The zero-order valence-electron chi connectivity index (χ0n) is 11.3. The van der Waals surface area contributed by atoms with Gasteiger partial charge >= 0.3 is 0 Å². The highest BCUT2D eigenvalue weighted by atomic mass is 35.5. The fourth-order valence-electron chi connectivity index (χ4n) is 2.24. The van der Waals surface area contributed by atoms with Crippen molar-refractivity contribution >= 4 is 28.3 Å². The third-order valence-electron chi connectivity index (χ3n) is 3.28. The molecule has 0 aliphatic heterocycles. The van der Waals surface area contributed by atoms with E-state index in [2.05, 4.69) is 28.3 Å². The molecule has 0 saturated heterocycles. The Morgan fingerprint density at radius 2 is 1.85 bits per heavy atom. The lowest BCUT2D eigenvalue weighted by Gasteiger charge is -2.10. The van der Waals surface area contributed by atoms with Crippen LogP contribution in [0.25, 0.3) is 22.3 Å². The monoisotopic (exact) mass is 283 g/mol. The molecule has 0 aliphatic carbocycles. The van der Waals surface area contributed by atoms with E-state index in [0.29, 0.717) is 10.8 Å². The van der Waals surface area contributed by atoms with Crippen molar-refractivity contribution in [2.45, 2.75) is 6.92 Å². The summed E-state index contributed by atoms with van der Waals surface area (Å²) >= 11 is 6.06. The minimum atomic E-state index is 0.675. The fraction of sp³-hybridized carbons (Fsp3) is 0.125. The number of hydrogen-bond acceptors (Lipinski definition) is 3. The van der Waals surface area contributed by atoms with Crippen LogP contribution in [0.5, 0.6) is 0 Å². The predicted octanol–water partition coefficient (Wildman–Crippen LogP) is 4.30. The van der Waals surface area contributed by atoms with Crippen LogP contribution < -0.4 is 5.32 Å². The lowest BCUT2D eigenvalue weighted by molar-refractivity contribution is 1.20. The van der Waals surface area contributed by atoms with E-state index in [1.165, 1.54) is 0 Å². The van der Waals surface area contributed by atoms with Gasteiger partial charge in [-0.1, -0.05) is 35.9 Å². The van der Waals surface area contributed by atoms with E-state index in [1.807, 2.05) is 43.4 Å². The van der Waals surface area contributed by atoms with Gasteiger partial charge in [-0.3, -0.25) is 0 Å². The number of halogens is 1. The Morgan fingerprint density at radius 3 is 2.60 bits per heavy atom. The normalized spacial score (nSPS) is 10.8. The van der Waals surface area contributed by atoms with Gasteiger partial charge in [-0.25, -0.2) is 9.97 Å². The SMILES string of the molecule is CNc1nc(-c2ccccc2C)nc2cc(Cl)ccc12. The number of benzene rings is 2. The summed E-state index contributed by atoms with van der Waals surface area (Å²) in [5, 5.41) is 4.77. The van der Waals surface area contributed by atoms with E-state index >= 15 is 0 Å². The smallest absolute Gasteiger partial charge is 0.162 e. The second kappa shape index (κ2) is 5.10. The van der Waals surface area contributed by atoms with E-state index in [-0.39, 0.29) is 0 Å². The molecule has 0 atom stereocenters. The largest absolute Gasteiger partial charge is 0.373 e. The van der Waals surface area contributed by atoms with Gasteiger partial charge in [0.1, 0.15) is 5.82 Å². The predicted molar refractivity (Wildman–Crippen MR) is 84.3 cm³/mol. The van der Waals surface area contributed by atoms with E-state index in [9.17, 15) is 0 Å². The molecule has 3 aromatic rings. The number of aryl methyl sites for hydroxylation is 1. The second-order valence-electron chi connectivity index (χ2n) is 4.62. The van der Waals surface area contributed by atoms with Gasteiger partial charge < -0.3 is 5.32 Å². The Labute approximate surface area is 122 Å². The molecule has 0 aliphatic rings. The van der Waals surface area contributed by atoms with Crippen LogP contribution in [0.1, 0.15) is 5.56 Å². The molecule has 3 nitrogen and oxygen atoms in total. The molecule has 0 fully saturated rings. The van der Waals surface area contributed by atoms with Gasteiger partial charge in [0.2, 0.25) is 0 Å². The van der Waals surface area contributed by atoms with Crippen molar-refractivity contribution in [1.29, 1.82) is 0 Å². The molecule has 0 saturated carbocycles. The van der Waals surface area contributed by atoms with E-state index in [1.54, 1.807) is 0 Å². The van der Waals surface area contributed by atoms with E-state index in [0.717, 1.165) is 27.8 Å². The number of nitrogens with zero attached hydrogens (tertiary/aromatic N) is 2. The fourth-order valence-corrected chi connectivity index (χ4v) is 2.40. The van der Waals surface area contributed by atoms with Crippen molar-refractivity contribution in [1.82, 2.24) is 9.97 Å². The molecule has 2 aromatic carbocycles. The van der Waals surface area contributed by atoms with Crippen LogP contribution in [-0.2, 0) is 0 Å². The maximum atomic E-state index is 6.06. The van der Waals surface area contributed by atoms with Crippen LogP contribution in [0, 0.1) is 6.92 Å². The Kier molecular flexibility index (Phi) is 3.28. The van der Waals surface area contributed by atoms with Crippen LogP contribution in [-0.4, -0.2) is 17.0 Å². The molecule has 0 amide bonds. The van der Waals surface area contributed by atoms with Crippen LogP contribution >= 0.6 is 11.6 Å². The third-order valence-corrected chi connectivity index (χ3v) is 3.52. The summed E-state index contributed by atoms with van der Waals surface area (Å²) in [6, 6.07) is 13.7. The molecule has 4 heteroatoms. The molecule has 20 heavy (non-hydrogen) atoms. The average molecular weight is 284 g/mol. The Morgan fingerprint density at radius 1 is 1.05 bits per heavy atom. The topological polar surface area (TPSA) is 37.8 Å². The van der Waals surface area contributed by atoms with Gasteiger partial charge in [0.05, 0.1) is 5.52 Å². The molecule has 1 aromatic heterocycles. The van der Waals surface area contributed by atoms with Crippen molar-refractivity contribution < 1.29 is 0 Å². The van der Waals surface area contributed by atoms with Gasteiger partial charge in [0.15, 0.2) is 5.82 Å². The first-order valence-electron chi connectivity index (χ1n) is 6.40. The molecular formula is C16H14ClN3. The molecule has 0 bridgehead atoms. The lowest BCUT2D eigenvalue weighted by atomic mass is 10.1. The van der Waals surface area contributed by atoms with Crippen molar-refractivity contribution in [2.75, 3.05) is 12.4 Å². The van der Waals surface area contributed by atoms with E-state index < -0.39 is 0 Å².